The van der Waals surface area contributed by atoms with Gasteiger partial charge in [0, 0.05) is 51.2 Å². The Morgan fingerprint density at radius 1 is 0.946 bits per heavy atom. The van der Waals surface area contributed by atoms with Crippen molar-refractivity contribution in [1.82, 2.24) is 24.6 Å². The number of hydrogen-bond acceptors (Lipinski definition) is 5. The van der Waals surface area contributed by atoms with Crippen molar-refractivity contribution in [3.8, 4) is 5.69 Å². The highest BCUT2D eigenvalue weighted by atomic mass is 16.2. The van der Waals surface area contributed by atoms with Gasteiger partial charge in [-0.3, -0.25) is 24.3 Å². The van der Waals surface area contributed by atoms with E-state index in [2.05, 4.69) is 10.1 Å². The number of carbonyl (C=O) groups excluding carboxylic acids is 3. The number of benzene rings is 2. The fourth-order valence-electron chi connectivity index (χ4n) is 4.79. The molecule has 37 heavy (non-hydrogen) atoms. The fourth-order valence-corrected chi connectivity index (χ4v) is 4.79. The molecule has 0 radical (unpaired) electrons. The third-order valence-corrected chi connectivity index (χ3v) is 6.80. The molecular formula is C29H27N5O3. The highest BCUT2D eigenvalue weighted by Crippen LogP contribution is 2.41. The smallest absolute Gasteiger partial charge is 0.241 e. The first kappa shape index (κ1) is 24.1. The third-order valence-electron chi connectivity index (χ3n) is 6.80. The van der Waals surface area contributed by atoms with Gasteiger partial charge >= 0.3 is 0 Å². The van der Waals surface area contributed by atoms with Gasteiger partial charge in [-0.2, -0.15) is 5.10 Å². The SMILES string of the molecule is CN(Cc1ccc(-n2cccn2)cc1)C(=O)CC1(c2ccccc2)CC(=O)N(Cc2cccnc2)C1=O. The van der Waals surface area contributed by atoms with E-state index in [0.717, 1.165) is 16.8 Å². The number of hydrogen-bond donors (Lipinski definition) is 0. The molecule has 1 fully saturated rings. The van der Waals surface area contributed by atoms with Crippen LogP contribution in [0, 0.1) is 0 Å². The topological polar surface area (TPSA) is 88.4 Å². The Balaban J connectivity index is 1.35. The van der Waals surface area contributed by atoms with Crippen LogP contribution in [0.3, 0.4) is 0 Å². The third kappa shape index (κ3) is 4.91. The molecule has 0 spiro atoms. The highest BCUT2D eigenvalue weighted by molar-refractivity contribution is 6.10. The van der Waals surface area contributed by atoms with Gasteiger partial charge in [-0.25, -0.2) is 4.68 Å². The molecule has 8 nitrogen and oxygen atoms in total. The van der Waals surface area contributed by atoms with Crippen molar-refractivity contribution in [2.75, 3.05) is 7.05 Å². The van der Waals surface area contributed by atoms with Crippen molar-refractivity contribution in [3.63, 3.8) is 0 Å². The van der Waals surface area contributed by atoms with Crippen LogP contribution in [0.1, 0.15) is 29.5 Å². The molecule has 1 atom stereocenters. The minimum atomic E-state index is -1.24. The van der Waals surface area contributed by atoms with E-state index in [1.807, 2.05) is 72.9 Å². The first-order valence-electron chi connectivity index (χ1n) is 12.1. The van der Waals surface area contributed by atoms with E-state index in [0.29, 0.717) is 12.1 Å². The van der Waals surface area contributed by atoms with Gasteiger partial charge in [0.05, 0.1) is 17.6 Å². The van der Waals surface area contributed by atoms with Crippen LogP contribution in [0.2, 0.25) is 0 Å². The summed E-state index contributed by atoms with van der Waals surface area (Å²) in [6, 6.07) is 22.4. The monoisotopic (exact) mass is 493 g/mol. The Kier molecular flexibility index (Phi) is 6.64. The molecule has 2 aromatic heterocycles. The summed E-state index contributed by atoms with van der Waals surface area (Å²) >= 11 is 0. The van der Waals surface area contributed by atoms with Crippen molar-refractivity contribution in [2.24, 2.45) is 0 Å². The van der Waals surface area contributed by atoms with Crippen LogP contribution in [0.25, 0.3) is 5.69 Å². The van der Waals surface area contributed by atoms with Gasteiger partial charge in [0.15, 0.2) is 0 Å². The van der Waals surface area contributed by atoms with Gasteiger partial charge in [0.25, 0.3) is 0 Å². The molecule has 0 N–H and O–H groups in total. The molecule has 8 heteroatoms. The molecule has 186 valence electrons. The minimum absolute atomic E-state index is 0.0474. The summed E-state index contributed by atoms with van der Waals surface area (Å²) in [6.45, 7) is 0.511. The summed E-state index contributed by atoms with van der Waals surface area (Å²) < 4.78 is 1.77. The fraction of sp³-hybridized carbons (Fsp3) is 0.207. The zero-order valence-electron chi connectivity index (χ0n) is 20.5. The van der Waals surface area contributed by atoms with Crippen LogP contribution in [-0.4, -0.2) is 49.3 Å². The second-order valence-corrected chi connectivity index (χ2v) is 9.31. The summed E-state index contributed by atoms with van der Waals surface area (Å²) in [5.41, 5.74) is 2.07. The average Bonchev–Trinajstić information content (AvgIpc) is 3.54. The maximum Gasteiger partial charge on any atom is 0.241 e. The number of carbonyl (C=O) groups is 3. The van der Waals surface area contributed by atoms with Crippen LogP contribution in [-0.2, 0) is 32.9 Å². The molecule has 0 saturated carbocycles. The molecule has 3 heterocycles. The van der Waals surface area contributed by atoms with Crippen LogP contribution in [0.15, 0.2) is 97.6 Å². The lowest BCUT2D eigenvalue weighted by atomic mass is 9.75. The Morgan fingerprint density at radius 3 is 2.41 bits per heavy atom. The number of aromatic nitrogens is 3. The first-order chi connectivity index (χ1) is 18.0. The summed E-state index contributed by atoms with van der Waals surface area (Å²) in [4.78, 5) is 47.3. The Bertz CT molecular complexity index is 1390. The molecular weight excluding hydrogens is 466 g/mol. The van der Waals surface area contributed by atoms with Crippen molar-refractivity contribution in [3.05, 3.63) is 114 Å². The number of nitrogens with zero attached hydrogens (tertiary/aromatic N) is 5. The molecule has 1 saturated heterocycles. The molecule has 0 bridgehead atoms. The van der Waals surface area contributed by atoms with E-state index < -0.39 is 5.41 Å². The van der Waals surface area contributed by atoms with E-state index in [4.69, 9.17) is 0 Å². The number of amides is 3. The zero-order chi connectivity index (χ0) is 25.8. The summed E-state index contributed by atoms with van der Waals surface area (Å²) in [5.74, 6) is -0.843. The van der Waals surface area contributed by atoms with E-state index in [1.54, 1.807) is 41.3 Å². The van der Waals surface area contributed by atoms with Gasteiger partial charge in [-0.05, 0) is 41.0 Å². The highest BCUT2D eigenvalue weighted by Gasteiger charge is 2.53. The second-order valence-electron chi connectivity index (χ2n) is 9.31. The standard InChI is InChI=1S/C29H27N5O3/c1-32(20-22-10-12-25(13-11-22)34-16-6-15-31-34)26(35)17-29(24-8-3-2-4-9-24)18-27(36)33(28(29)37)21-23-7-5-14-30-19-23/h2-16,19H,17-18,20-21H2,1H3. The predicted molar refractivity (Wildman–Crippen MR) is 137 cm³/mol. The molecule has 3 amide bonds. The summed E-state index contributed by atoms with van der Waals surface area (Å²) in [7, 11) is 1.72. The quantitative estimate of drug-likeness (QED) is 0.351. The lowest BCUT2D eigenvalue weighted by Gasteiger charge is -2.29. The maximum absolute atomic E-state index is 13.8. The van der Waals surface area contributed by atoms with E-state index in [1.165, 1.54) is 4.90 Å². The molecule has 2 aromatic carbocycles. The number of imide groups is 1. The molecule has 1 aliphatic rings. The van der Waals surface area contributed by atoms with Gasteiger partial charge in [0.2, 0.25) is 17.7 Å². The summed E-state index contributed by atoms with van der Waals surface area (Å²) in [6.07, 6.45) is 6.73. The Hall–Kier alpha value is -4.59. The first-order valence-corrected chi connectivity index (χ1v) is 12.1. The van der Waals surface area contributed by atoms with Crippen molar-refractivity contribution in [2.45, 2.75) is 31.3 Å². The number of rotatable bonds is 8. The van der Waals surface area contributed by atoms with Gasteiger partial charge in [-0.15, -0.1) is 0 Å². The Morgan fingerprint density at radius 2 is 1.73 bits per heavy atom. The minimum Gasteiger partial charge on any atom is -0.341 e. The van der Waals surface area contributed by atoms with Gasteiger partial charge < -0.3 is 4.90 Å². The second kappa shape index (κ2) is 10.2. The van der Waals surface area contributed by atoms with Crippen molar-refractivity contribution < 1.29 is 14.4 Å². The van der Waals surface area contributed by atoms with Crippen molar-refractivity contribution in [1.29, 1.82) is 0 Å². The van der Waals surface area contributed by atoms with Gasteiger partial charge in [0.1, 0.15) is 0 Å². The van der Waals surface area contributed by atoms with Gasteiger partial charge in [-0.1, -0.05) is 48.5 Å². The molecule has 1 unspecified atom stereocenters. The maximum atomic E-state index is 13.8. The zero-order valence-corrected chi connectivity index (χ0v) is 20.5. The molecule has 0 aliphatic carbocycles. The average molecular weight is 494 g/mol. The van der Waals surface area contributed by atoms with Crippen LogP contribution in [0.5, 0.6) is 0 Å². The normalized spacial score (nSPS) is 17.3. The number of likely N-dealkylation sites (tertiary alicyclic amines) is 1. The van der Waals surface area contributed by atoms with Crippen LogP contribution >= 0.6 is 0 Å². The molecule has 4 aromatic rings. The number of pyridine rings is 1. The molecule has 5 rings (SSSR count). The lowest BCUT2D eigenvalue weighted by molar-refractivity contribution is -0.143. The van der Waals surface area contributed by atoms with Crippen LogP contribution in [0.4, 0.5) is 0 Å². The van der Waals surface area contributed by atoms with E-state index >= 15 is 0 Å². The van der Waals surface area contributed by atoms with E-state index in [-0.39, 0.29) is 37.1 Å². The Labute approximate surface area is 215 Å². The molecule has 1 aliphatic heterocycles. The summed E-state index contributed by atoms with van der Waals surface area (Å²) in [5, 5.41) is 4.23. The van der Waals surface area contributed by atoms with Crippen LogP contribution < -0.4 is 0 Å². The lowest BCUT2D eigenvalue weighted by Crippen LogP contribution is -2.42. The van der Waals surface area contributed by atoms with Crippen molar-refractivity contribution >= 4 is 17.7 Å². The van der Waals surface area contributed by atoms with E-state index in [9.17, 15) is 14.4 Å². The largest absolute Gasteiger partial charge is 0.341 e. The predicted octanol–water partition coefficient (Wildman–Crippen LogP) is 3.51.